The van der Waals surface area contributed by atoms with Crippen molar-refractivity contribution in [3.63, 3.8) is 0 Å². The average molecular weight is 194 g/mol. The normalized spacial score (nSPS) is 13.0. The van der Waals surface area contributed by atoms with Crippen molar-refractivity contribution in [3.8, 4) is 0 Å². The summed E-state index contributed by atoms with van der Waals surface area (Å²) < 4.78 is 1.62. The Morgan fingerprint density at radius 3 is 3.07 bits per heavy atom. The molecular weight excluding hydrogens is 184 g/mol. The van der Waals surface area contributed by atoms with Crippen LogP contribution in [0.2, 0.25) is 0 Å². The topological polar surface area (TPSA) is 92.5 Å². The van der Waals surface area contributed by atoms with Crippen LogP contribution in [0.15, 0.2) is 12.7 Å². The van der Waals surface area contributed by atoms with Crippen molar-refractivity contribution in [1.29, 1.82) is 0 Å². The smallest absolute Gasteiger partial charge is 0.178 e. The van der Waals surface area contributed by atoms with Crippen LogP contribution in [-0.4, -0.2) is 35.1 Å². The highest BCUT2D eigenvalue weighted by molar-refractivity contribution is 4.92. The number of nitrogens with zero attached hydrogens (tertiary/aromatic N) is 5. The monoisotopic (exact) mass is 194 g/mol. The molecule has 2 aromatic heterocycles. The lowest BCUT2D eigenvalue weighted by atomic mass is 10.4. The number of H-pyrrole nitrogens is 1. The highest BCUT2D eigenvalue weighted by Crippen LogP contribution is 2.04. The average Bonchev–Trinajstić information content (AvgIpc) is 2.75. The largest absolute Gasteiger partial charge is 0.385 e. The van der Waals surface area contributed by atoms with Gasteiger partial charge >= 0.3 is 0 Å². The van der Waals surface area contributed by atoms with Crippen molar-refractivity contribution >= 4 is 0 Å². The SMILES string of the molecule is CC(O)c1n[nH]c(Cn2cncn2)n1. The predicted octanol–water partition coefficient (Wildman–Crippen LogP) is -0.502. The molecule has 0 amide bonds. The minimum absolute atomic E-state index is 0.389. The third-order valence-electron chi connectivity index (χ3n) is 1.70. The van der Waals surface area contributed by atoms with Gasteiger partial charge in [-0.3, -0.25) is 5.10 Å². The molecule has 0 radical (unpaired) electrons. The Morgan fingerprint density at radius 1 is 1.64 bits per heavy atom. The van der Waals surface area contributed by atoms with Gasteiger partial charge in [0, 0.05) is 0 Å². The van der Waals surface area contributed by atoms with Crippen LogP contribution in [0, 0.1) is 0 Å². The van der Waals surface area contributed by atoms with Gasteiger partial charge in [-0.25, -0.2) is 14.6 Å². The molecule has 0 aliphatic carbocycles. The second-order valence-corrected chi connectivity index (χ2v) is 2.91. The first-order chi connectivity index (χ1) is 6.75. The maximum absolute atomic E-state index is 9.18. The van der Waals surface area contributed by atoms with Crippen molar-refractivity contribution in [1.82, 2.24) is 29.9 Å². The molecule has 0 spiro atoms. The summed E-state index contributed by atoms with van der Waals surface area (Å²) in [7, 11) is 0. The maximum atomic E-state index is 9.18. The van der Waals surface area contributed by atoms with Crippen molar-refractivity contribution in [2.75, 3.05) is 0 Å². The van der Waals surface area contributed by atoms with Gasteiger partial charge in [0.25, 0.3) is 0 Å². The van der Waals surface area contributed by atoms with Gasteiger partial charge in [0.15, 0.2) is 5.82 Å². The van der Waals surface area contributed by atoms with Gasteiger partial charge in [0.05, 0.1) is 0 Å². The van der Waals surface area contributed by atoms with Gasteiger partial charge in [-0.05, 0) is 6.92 Å². The summed E-state index contributed by atoms with van der Waals surface area (Å²) in [6.45, 7) is 2.09. The van der Waals surface area contributed by atoms with Crippen LogP contribution in [0.25, 0.3) is 0 Å². The summed E-state index contributed by atoms with van der Waals surface area (Å²) in [5, 5.41) is 19.7. The minimum atomic E-state index is -0.657. The Labute approximate surface area is 79.8 Å². The Balaban J connectivity index is 2.11. The molecule has 2 aromatic rings. The summed E-state index contributed by atoms with van der Waals surface area (Å²) in [6.07, 6.45) is 2.38. The van der Waals surface area contributed by atoms with Crippen molar-refractivity contribution in [3.05, 3.63) is 24.3 Å². The van der Waals surface area contributed by atoms with Gasteiger partial charge in [-0.15, -0.1) is 0 Å². The highest BCUT2D eigenvalue weighted by atomic mass is 16.3. The molecular formula is C7H10N6O. The molecule has 0 fully saturated rings. The molecule has 0 aliphatic heterocycles. The zero-order valence-corrected chi connectivity index (χ0v) is 7.62. The van der Waals surface area contributed by atoms with Crippen LogP contribution in [0.5, 0.6) is 0 Å². The Morgan fingerprint density at radius 2 is 2.50 bits per heavy atom. The summed E-state index contributed by atoms with van der Waals surface area (Å²) in [4.78, 5) is 7.88. The Hall–Kier alpha value is -1.76. The lowest BCUT2D eigenvalue weighted by Crippen LogP contribution is -2.02. The molecule has 0 saturated heterocycles. The fourth-order valence-corrected chi connectivity index (χ4v) is 1.04. The second-order valence-electron chi connectivity index (χ2n) is 2.91. The number of rotatable bonds is 3. The standard InChI is InChI=1S/C7H10N6O/c1-5(14)7-10-6(11-12-7)2-13-4-8-3-9-13/h3-5,14H,2H2,1H3,(H,10,11,12). The van der Waals surface area contributed by atoms with Gasteiger partial charge in [-0.2, -0.15) is 10.2 Å². The van der Waals surface area contributed by atoms with E-state index in [1.807, 2.05) is 0 Å². The lowest BCUT2D eigenvalue weighted by molar-refractivity contribution is 0.189. The Kier molecular flexibility index (Phi) is 2.23. The summed E-state index contributed by atoms with van der Waals surface area (Å²) in [5.41, 5.74) is 0. The van der Waals surface area contributed by atoms with E-state index in [2.05, 4.69) is 25.3 Å². The van der Waals surface area contributed by atoms with E-state index in [4.69, 9.17) is 0 Å². The highest BCUT2D eigenvalue weighted by Gasteiger charge is 2.08. The van der Waals surface area contributed by atoms with Crippen molar-refractivity contribution in [2.45, 2.75) is 19.6 Å². The molecule has 2 heterocycles. The first-order valence-corrected chi connectivity index (χ1v) is 4.17. The van der Waals surface area contributed by atoms with Crippen molar-refractivity contribution in [2.24, 2.45) is 0 Å². The van der Waals surface area contributed by atoms with Crippen LogP contribution in [0.3, 0.4) is 0 Å². The van der Waals surface area contributed by atoms with Gasteiger partial charge in [0.1, 0.15) is 31.1 Å². The molecule has 2 rings (SSSR count). The predicted molar refractivity (Wildman–Crippen MR) is 46.1 cm³/mol. The Bertz CT molecular complexity index is 392. The van der Waals surface area contributed by atoms with Gasteiger partial charge in [0.2, 0.25) is 0 Å². The van der Waals surface area contributed by atoms with E-state index in [0.717, 1.165) is 0 Å². The first-order valence-electron chi connectivity index (χ1n) is 4.17. The zero-order valence-electron chi connectivity index (χ0n) is 7.62. The number of hydrogen-bond acceptors (Lipinski definition) is 5. The molecule has 0 bridgehead atoms. The van der Waals surface area contributed by atoms with E-state index in [1.165, 1.54) is 6.33 Å². The number of aliphatic hydroxyl groups is 1. The van der Waals surface area contributed by atoms with E-state index in [9.17, 15) is 5.11 Å². The number of aromatic amines is 1. The number of nitrogens with one attached hydrogen (secondary N) is 1. The molecule has 2 N–H and O–H groups in total. The zero-order chi connectivity index (χ0) is 9.97. The number of aromatic nitrogens is 6. The summed E-state index contributed by atoms with van der Waals surface area (Å²) in [6, 6.07) is 0. The van der Waals surface area contributed by atoms with E-state index < -0.39 is 6.10 Å². The second kappa shape index (κ2) is 3.54. The van der Waals surface area contributed by atoms with Crippen molar-refractivity contribution < 1.29 is 5.11 Å². The number of aliphatic hydroxyl groups excluding tert-OH is 1. The lowest BCUT2D eigenvalue weighted by Gasteiger charge is -1.95. The third-order valence-corrected chi connectivity index (χ3v) is 1.70. The third kappa shape index (κ3) is 1.77. The summed E-state index contributed by atoms with van der Waals surface area (Å²) >= 11 is 0. The minimum Gasteiger partial charge on any atom is -0.385 e. The maximum Gasteiger partial charge on any atom is 0.178 e. The van der Waals surface area contributed by atoms with Crippen LogP contribution >= 0.6 is 0 Å². The van der Waals surface area contributed by atoms with Crippen LogP contribution < -0.4 is 0 Å². The van der Waals surface area contributed by atoms with Crippen LogP contribution in [0.1, 0.15) is 24.7 Å². The molecule has 14 heavy (non-hydrogen) atoms. The molecule has 0 aromatic carbocycles. The fraction of sp³-hybridized carbons (Fsp3) is 0.429. The quantitative estimate of drug-likeness (QED) is 0.687. The summed E-state index contributed by atoms with van der Waals surface area (Å²) in [5.74, 6) is 1.03. The fourth-order valence-electron chi connectivity index (χ4n) is 1.04. The molecule has 0 saturated carbocycles. The van der Waals surface area contributed by atoms with E-state index in [0.29, 0.717) is 18.2 Å². The molecule has 0 aliphatic rings. The molecule has 74 valence electrons. The van der Waals surface area contributed by atoms with E-state index >= 15 is 0 Å². The molecule has 1 unspecified atom stereocenters. The van der Waals surface area contributed by atoms with Crippen LogP contribution in [0.4, 0.5) is 0 Å². The molecule has 7 nitrogen and oxygen atoms in total. The van der Waals surface area contributed by atoms with Gasteiger partial charge < -0.3 is 5.11 Å². The van der Waals surface area contributed by atoms with Gasteiger partial charge in [-0.1, -0.05) is 0 Å². The molecule has 7 heteroatoms. The first kappa shape index (κ1) is 8.82. The molecule has 1 atom stereocenters. The van der Waals surface area contributed by atoms with E-state index in [1.54, 1.807) is 17.9 Å². The van der Waals surface area contributed by atoms with E-state index in [-0.39, 0.29) is 0 Å². The van der Waals surface area contributed by atoms with Crippen LogP contribution in [-0.2, 0) is 6.54 Å². The number of hydrogen-bond donors (Lipinski definition) is 2.